The molecule has 0 saturated heterocycles. The van der Waals surface area contributed by atoms with Crippen LogP contribution in [-0.4, -0.2) is 20.4 Å². The summed E-state index contributed by atoms with van der Waals surface area (Å²) in [5, 5.41) is 0. The predicted octanol–water partition coefficient (Wildman–Crippen LogP) is 0.607. The molecule has 0 radical (unpaired) electrons. The van der Waals surface area contributed by atoms with E-state index < -0.39 is 10.0 Å². The smallest absolute Gasteiger partial charge is 0.242 e. The molecule has 0 aliphatic carbocycles. The number of hydrogen-bond acceptors (Lipinski definition) is 3. The molecule has 1 N–H and O–H groups in total. The van der Waals surface area contributed by atoms with E-state index in [1.807, 2.05) is 0 Å². The quantitative estimate of drug-likeness (QED) is 0.760. The molecule has 0 aromatic carbocycles. The van der Waals surface area contributed by atoms with E-state index in [-0.39, 0.29) is 4.90 Å². The van der Waals surface area contributed by atoms with Gasteiger partial charge in [0.25, 0.3) is 0 Å². The summed E-state index contributed by atoms with van der Waals surface area (Å²) in [4.78, 5) is 4.22. The van der Waals surface area contributed by atoms with Crippen molar-refractivity contribution in [2.75, 3.05) is 7.05 Å². The third-order valence-electron chi connectivity index (χ3n) is 1.74. The van der Waals surface area contributed by atoms with Crippen LogP contribution in [0.2, 0.25) is 0 Å². The molecule has 0 unspecified atom stereocenters. The van der Waals surface area contributed by atoms with E-state index in [0.29, 0.717) is 5.69 Å². The van der Waals surface area contributed by atoms with E-state index in [1.54, 1.807) is 26.1 Å². The van der Waals surface area contributed by atoms with E-state index in [1.165, 1.54) is 7.05 Å². The highest BCUT2D eigenvalue weighted by Gasteiger charge is 2.14. The average Bonchev–Trinajstić information content (AvgIpc) is 2.09. The van der Waals surface area contributed by atoms with Crippen molar-refractivity contribution in [3.63, 3.8) is 0 Å². The summed E-state index contributed by atoms with van der Waals surface area (Å²) >= 11 is 0. The molecular weight excluding hydrogens is 188 g/mol. The molecule has 0 saturated carbocycles. The van der Waals surface area contributed by atoms with Gasteiger partial charge in [0.2, 0.25) is 10.0 Å². The molecule has 72 valence electrons. The van der Waals surface area contributed by atoms with Gasteiger partial charge >= 0.3 is 0 Å². The van der Waals surface area contributed by atoms with Crippen LogP contribution >= 0.6 is 0 Å². The summed E-state index contributed by atoms with van der Waals surface area (Å²) in [5.41, 5.74) is 1.35. The highest BCUT2D eigenvalue weighted by molar-refractivity contribution is 7.89. The van der Waals surface area contributed by atoms with Gasteiger partial charge in [0.15, 0.2) is 0 Å². The topological polar surface area (TPSA) is 59.1 Å². The normalized spacial score (nSPS) is 11.6. The molecule has 1 aromatic rings. The Labute approximate surface area is 78.1 Å². The minimum atomic E-state index is -3.36. The molecule has 5 heteroatoms. The van der Waals surface area contributed by atoms with Crippen LogP contribution < -0.4 is 4.72 Å². The van der Waals surface area contributed by atoms with Crippen LogP contribution in [0.5, 0.6) is 0 Å². The summed E-state index contributed by atoms with van der Waals surface area (Å²) in [6, 6.07) is 1.61. The second-order valence-electron chi connectivity index (χ2n) is 2.80. The summed E-state index contributed by atoms with van der Waals surface area (Å²) < 4.78 is 25.1. The largest absolute Gasteiger partial charge is 0.260 e. The lowest BCUT2D eigenvalue weighted by atomic mass is 10.3. The van der Waals surface area contributed by atoms with E-state index in [0.717, 1.165) is 5.56 Å². The number of nitrogens with zero attached hydrogens (tertiary/aromatic N) is 1. The number of aromatic nitrogens is 1. The van der Waals surface area contributed by atoms with Crippen LogP contribution in [0.25, 0.3) is 0 Å². The third-order valence-corrected chi connectivity index (χ3v) is 3.27. The van der Waals surface area contributed by atoms with Crippen molar-refractivity contribution in [3.05, 3.63) is 23.5 Å². The third kappa shape index (κ3) is 2.05. The van der Waals surface area contributed by atoms with Crippen molar-refractivity contribution in [1.29, 1.82) is 0 Å². The SMILES string of the molecule is CNS(=O)(=O)c1cc(C)cnc1C. The van der Waals surface area contributed by atoms with Crippen LogP contribution in [0, 0.1) is 13.8 Å². The fraction of sp³-hybridized carbons (Fsp3) is 0.375. The van der Waals surface area contributed by atoms with Gasteiger partial charge in [-0.2, -0.15) is 0 Å². The molecule has 0 amide bonds. The average molecular weight is 200 g/mol. The Bertz CT molecular complexity index is 412. The fourth-order valence-electron chi connectivity index (χ4n) is 0.993. The van der Waals surface area contributed by atoms with Gasteiger partial charge in [-0.05, 0) is 32.5 Å². The summed E-state index contributed by atoms with van der Waals surface area (Å²) in [7, 11) is -1.98. The van der Waals surface area contributed by atoms with Crippen molar-refractivity contribution in [3.8, 4) is 0 Å². The molecule has 0 fully saturated rings. The molecule has 0 spiro atoms. The van der Waals surface area contributed by atoms with Gasteiger partial charge in [0.1, 0.15) is 4.90 Å². The molecule has 1 aromatic heterocycles. The Kier molecular flexibility index (Phi) is 2.68. The van der Waals surface area contributed by atoms with Crippen LogP contribution in [0.3, 0.4) is 0 Å². The highest BCUT2D eigenvalue weighted by atomic mass is 32.2. The zero-order valence-corrected chi connectivity index (χ0v) is 8.64. The van der Waals surface area contributed by atoms with E-state index in [2.05, 4.69) is 9.71 Å². The van der Waals surface area contributed by atoms with Crippen molar-refractivity contribution in [2.45, 2.75) is 18.7 Å². The molecule has 0 aliphatic rings. The summed E-state index contributed by atoms with van der Waals surface area (Å²) in [5.74, 6) is 0. The highest BCUT2D eigenvalue weighted by Crippen LogP contribution is 2.13. The minimum absolute atomic E-state index is 0.245. The first-order valence-electron chi connectivity index (χ1n) is 3.84. The maximum Gasteiger partial charge on any atom is 0.242 e. The fourth-order valence-corrected chi connectivity index (χ4v) is 2.00. The van der Waals surface area contributed by atoms with Gasteiger partial charge in [-0.25, -0.2) is 13.1 Å². The van der Waals surface area contributed by atoms with E-state index in [4.69, 9.17) is 0 Å². The molecule has 0 atom stereocenters. The zero-order valence-electron chi connectivity index (χ0n) is 7.83. The Hall–Kier alpha value is -0.940. The summed E-state index contributed by atoms with van der Waals surface area (Å²) in [6.07, 6.45) is 1.64. The molecule has 4 nitrogen and oxygen atoms in total. The minimum Gasteiger partial charge on any atom is -0.260 e. The maximum absolute atomic E-state index is 11.4. The first-order valence-corrected chi connectivity index (χ1v) is 5.32. The Morgan fingerprint density at radius 2 is 2.00 bits per heavy atom. The number of sulfonamides is 1. The van der Waals surface area contributed by atoms with Crippen LogP contribution in [0.4, 0.5) is 0 Å². The first-order chi connectivity index (χ1) is 5.97. The summed E-state index contributed by atoms with van der Waals surface area (Å²) in [6.45, 7) is 3.48. The van der Waals surface area contributed by atoms with Gasteiger partial charge in [-0.15, -0.1) is 0 Å². The monoisotopic (exact) mass is 200 g/mol. The van der Waals surface area contributed by atoms with Crippen molar-refractivity contribution < 1.29 is 8.42 Å². The molecule has 1 heterocycles. The number of hydrogen-bond donors (Lipinski definition) is 1. The molecular formula is C8H12N2O2S. The van der Waals surface area contributed by atoms with Gasteiger partial charge in [-0.1, -0.05) is 0 Å². The Morgan fingerprint density at radius 3 is 2.54 bits per heavy atom. The van der Waals surface area contributed by atoms with Gasteiger partial charge in [0.05, 0.1) is 5.69 Å². The van der Waals surface area contributed by atoms with E-state index >= 15 is 0 Å². The van der Waals surface area contributed by atoms with Crippen molar-refractivity contribution in [2.24, 2.45) is 0 Å². The Balaban J connectivity index is 3.38. The molecule has 0 aliphatic heterocycles. The van der Waals surface area contributed by atoms with Crippen molar-refractivity contribution in [1.82, 2.24) is 9.71 Å². The lowest BCUT2D eigenvalue weighted by molar-refractivity contribution is 0.587. The molecule has 0 bridgehead atoms. The first kappa shape index (κ1) is 10.1. The number of pyridine rings is 1. The lowest BCUT2D eigenvalue weighted by Gasteiger charge is -2.05. The number of nitrogens with one attached hydrogen (secondary N) is 1. The second-order valence-corrected chi connectivity index (χ2v) is 4.66. The van der Waals surface area contributed by atoms with Crippen LogP contribution in [-0.2, 0) is 10.0 Å². The Morgan fingerprint density at radius 1 is 1.38 bits per heavy atom. The van der Waals surface area contributed by atoms with Gasteiger partial charge < -0.3 is 0 Å². The maximum atomic E-state index is 11.4. The van der Waals surface area contributed by atoms with Crippen LogP contribution in [0.1, 0.15) is 11.3 Å². The molecule has 13 heavy (non-hydrogen) atoms. The lowest BCUT2D eigenvalue weighted by Crippen LogP contribution is -2.20. The van der Waals surface area contributed by atoms with Gasteiger partial charge in [-0.3, -0.25) is 4.98 Å². The van der Waals surface area contributed by atoms with Gasteiger partial charge in [0, 0.05) is 6.20 Å². The predicted molar refractivity (Wildman–Crippen MR) is 50.0 cm³/mol. The zero-order chi connectivity index (χ0) is 10.1. The second kappa shape index (κ2) is 3.43. The standard InChI is InChI=1S/C8H12N2O2S/c1-6-4-8(7(2)10-5-6)13(11,12)9-3/h4-5,9H,1-3H3. The number of aryl methyl sites for hydroxylation is 2. The number of rotatable bonds is 2. The van der Waals surface area contributed by atoms with Crippen molar-refractivity contribution >= 4 is 10.0 Å². The van der Waals surface area contributed by atoms with Crippen LogP contribution in [0.15, 0.2) is 17.2 Å². The molecule has 1 rings (SSSR count). The van der Waals surface area contributed by atoms with E-state index in [9.17, 15) is 8.42 Å².